The van der Waals surface area contributed by atoms with Gasteiger partial charge in [0.25, 0.3) is 0 Å². The minimum Gasteiger partial charge on any atom is -0.493 e. The molecule has 7 rings (SSSR count). The third kappa shape index (κ3) is 5.01. The fourth-order valence-corrected chi connectivity index (χ4v) is 8.59. The molecule has 3 heterocycles. The van der Waals surface area contributed by atoms with Crippen LogP contribution in [0.3, 0.4) is 0 Å². The van der Waals surface area contributed by atoms with E-state index >= 15 is 0 Å². The molecule has 5 nitrogen and oxygen atoms in total. The molecule has 0 saturated carbocycles. The molecule has 1 aliphatic carbocycles. The molecule has 1 N–H and O–H groups in total. The van der Waals surface area contributed by atoms with Crippen molar-refractivity contribution in [1.82, 2.24) is 9.88 Å². The van der Waals surface area contributed by atoms with Gasteiger partial charge in [0, 0.05) is 46.5 Å². The van der Waals surface area contributed by atoms with E-state index in [-0.39, 0.29) is 28.7 Å². The Balaban J connectivity index is 1.19. The van der Waals surface area contributed by atoms with Crippen LogP contribution in [0, 0.1) is 0 Å². The summed E-state index contributed by atoms with van der Waals surface area (Å²) in [5.41, 5.74) is 9.92. The Kier molecular flexibility index (Phi) is 7.12. The number of amides is 1. The molecule has 2 aliphatic heterocycles. The van der Waals surface area contributed by atoms with Crippen molar-refractivity contribution < 1.29 is 14.6 Å². The molecule has 2 unspecified atom stereocenters. The predicted octanol–water partition coefficient (Wildman–Crippen LogP) is 9.60. The molecule has 0 bridgehead atoms. The Labute approximate surface area is 264 Å². The zero-order valence-electron chi connectivity index (χ0n) is 26.4. The molecule has 6 heteroatoms. The number of rotatable bonds is 4. The second-order valence-electron chi connectivity index (χ2n) is 14.5. The summed E-state index contributed by atoms with van der Waals surface area (Å²) in [5, 5.41) is 13.5. The molecule has 1 amide bonds. The number of aromatic nitrogens is 1. The molecule has 3 aromatic carbocycles. The molecule has 44 heavy (non-hydrogen) atoms. The lowest BCUT2D eigenvalue weighted by Gasteiger charge is -2.39. The first kappa shape index (κ1) is 29.1. The molecule has 1 saturated heterocycles. The van der Waals surface area contributed by atoms with Gasteiger partial charge >= 0.3 is 6.09 Å². The highest BCUT2D eigenvalue weighted by atomic mass is 32.1. The number of piperidine rings is 1. The van der Waals surface area contributed by atoms with Crippen molar-refractivity contribution in [2.75, 3.05) is 13.2 Å². The van der Waals surface area contributed by atoms with E-state index in [1.807, 2.05) is 0 Å². The number of carboxylic acid groups (broad SMARTS) is 1. The van der Waals surface area contributed by atoms with Gasteiger partial charge in [-0.3, -0.25) is 0 Å². The molecule has 0 spiro atoms. The molecular formula is C38H42N2O3S. The Hall–Kier alpha value is -3.64. The van der Waals surface area contributed by atoms with Crippen LogP contribution in [0.5, 0.6) is 5.75 Å². The van der Waals surface area contributed by atoms with E-state index < -0.39 is 6.09 Å². The highest BCUT2D eigenvalue weighted by molar-refractivity contribution is 7.13. The summed E-state index contributed by atoms with van der Waals surface area (Å²) in [6.45, 7) is 12.7. The largest absolute Gasteiger partial charge is 0.493 e. The van der Waals surface area contributed by atoms with Crippen molar-refractivity contribution in [3.8, 4) is 27.4 Å². The maximum absolute atomic E-state index is 12.4. The molecule has 1 aromatic heterocycles. The van der Waals surface area contributed by atoms with Gasteiger partial charge in [0.1, 0.15) is 10.8 Å². The summed E-state index contributed by atoms with van der Waals surface area (Å²) in [5.74, 6) is 1.47. The van der Waals surface area contributed by atoms with Crippen LogP contribution < -0.4 is 4.74 Å². The highest BCUT2D eigenvalue weighted by Crippen LogP contribution is 2.49. The quantitative estimate of drug-likeness (QED) is 0.251. The molecule has 0 radical (unpaired) electrons. The number of fused-ring (bicyclic) bond motifs is 4. The van der Waals surface area contributed by atoms with Gasteiger partial charge in [-0.1, -0.05) is 83.1 Å². The SMILES string of the molecule is CC(C)(C)c1cc(-c2nc(C3CCN(C(=O)O)C(CC4c5ccccc5-c5ccccc54)C3)cs2)cc2c1OCCC2(C)C. The van der Waals surface area contributed by atoms with Gasteiger partial charge in [-0.2, -0.15) is 0 Å². The maximum atomic E-state index is 12.4. The zero-order valence-corrected chi connectivity index (χ0v) is 27.2. The lowest BCUT2D eigenvalue weighted by atomic mass is 9.75. The fourth-order valence-electron chi connectivity index (χ4n) is 7.70. The number of ether oxygens (including phenoxy) is 1. The number of nitrogens with zero attached hydrogens (tertiary/aromatic N) is 2. The zero-order chi connectivity index (χ0) is 30.8. The topological polar surface area (TPSA) is 62.7 Å². The van der Waals surface area contributed by atoms with Crippen molar-refractivity contribution >= 4 is 17.4 Å². The Bertz CT molecular complexity index is 1670. The first-order valence-electron chi connectivity index (χ1n) is 16.0. The van der Waals surface area contributed by atoms with Gasteiger partial charge in [0.2, 0.25) is 0 Å². The third-order valence-electron chi connectivity index (χ3n) is 10.2. The van der Waals surface area contributed by atoms with E-state index in [1.165, 1.54) is 33.4 Å². The maximum Gasteiger partial charge on any atom is 0.407 e. The van der Waals surface area contributed by atoms with Gasteiger partial charge in [-0.15, -0.1) is 11.3 Å². The van der Waals surface area contributed by atoms with Crippen LogP contribution >= 0.6 is 11.3 Å². The number of benzene rings is 3. The van der Waals surface area contributed by atoms with E-state index in [1.54, 1.807) is 16.2 Å². The van der Waals surface area contributed by atoms with Crippen LogP contribution in [0.4, 0.5) is 4.79 Å². The van der Waals surface area contributed by atoms with Crippen molar-refractivity contribution in [2.24, 2.45) is 0 Å². The summed E-state index contributed by atoms with van der Waals surface area (Å²) in [7, 11) is 0. The summed E-state index contributed by atoms with van der Waals surface area (Å²) in [6, 6.07) is 21.7. The summed E-state index contributed by atoms with van der Waals surface area (Å²) >= 11 is 1.71. The number of thiazole rings is 1. The first-order chi connectivity index (χ1) is 21.0. The molecule has 3 aliphatic rings. The minimum atomic E-state index is -0.819. The van der Waals surface area contributed by atoms with Crippen LogP contribution in [0.25, 0.3) is 21.7 Å². The normalized spacial score (nSPS) is 20.9. The van der Waals surface area contributed by atoms with E-state index in [0.29, 0.717) is 6.54 Å². The van der Waals surface area contributed by atoms with Crippen LogP contribution in [0.15, 0.2) is 66.0 Å². The second kappa shape index (κ2) is 10.8. The number of likely N-dealkylation sites (tertiary alicyclic amines) is 1. The van der Waals surface area contributed by atoms with Crippen LogP contribution in [0.2, 0.25) is 0 Å². The van der Waals surface area contributed by atoms with Gasteiger partial charge in [0.15, 0.2) is 0 Å². The lowest BCUT2D eigenvalue weighted by molar-refractivity contribution is 0.0955. The molecular weight excluding hydrogens is 564 g/mol. The molecule has 1 fully saturated rings. The van der Waals surface area contributed by atoms with Gasteiger partial charge in [-0.25, -0.2) is 9.78 Å². The van der Waals surface area contributed by atoms with Crippen molar-refractivity contribution in [3.05, 3.63) is 94.0 Å². The van der Waals surface area contributed by atoms with Crippen LogP contribution in [0.1, 0.15) is 100 Å². The van der Waals surface area contributed by atoms with E-state index in [9.17, 15) is 9.90 Å². The summed E-state index contributed by atoms with van der Waals surface area (Å²) < 4.78 is 6.28. The average molecular weight is 607 g/mol. The van der Waals surface area contributed by atoms with E-state index in [4.69, 9.17) is 9.72 Å². The van der Waals surface area contributed by atoms with Crippen molar-refractivity contribution in [3.63, 3.8) is 0 Å². The summed E-state index contributed by atoms with van der Waals surface area (Å²) in [4.78, 5) is 19.4. The number of hydrogen-bond acceptors (Lipinski definition) is 4. The van der Waals surface area contributed by atoms with E-state index in [2.05, 4.69) is 101 Å². The van der Waals surface area contributed by atoms with Crippen molar-refractivity contribution in [2.45, 2.75) is 89.0 Å². The van der Waals surface area contributed by atoms with Crippen LogP contribution in [-0.4, -0.2) is 40.3 Å². The fraction of sp³-hybridized carbons (Fsp3) is 0.421. The van der Waals surface area contributed by atoms with Crippen LogP contribution in [-0.2, 0) is 10.8 Å². The number of hydrogen-bond donors (Lipinski definition) is 1. The van der Waals surface area contributed by atoms with Crippen molar-refractivity contribution in [1.29, 1.82) is 0 Å². The summed E-state index contributed by atoms with van der Waals surface area (Å²) in [6.07, 6.45) is 2.54. The Morgan fingerprint density at radius 3 is 2.41 bits per heavy atom. The lowest BCUT2D eigenvalue weighted by Crippen LogP contribution is -2.45. The molecule has 2 atom stereocenters. The Morgan fingerprint density at radius 2 is 1.75 bits per heavy atom. The predicted molar refractivity (Wildman–Crippen MR) is 178 cm³/mol. The third-order valence-corrected chi connectivity index (χ3v) is 11.1. The first-order valence-corrected chi connectivity index (χ1v) is 16.8. The van der Waals surface area contributed by atoms with Gasteiger partial charge < -0.3 is 14.7 Å². The van der Waals surface area contributed by atoms with Gasteiger partial charge in [0.05, 0.1) is 12.3 Å². The number of carbonyl (C=O) groups is 1. The molecule has 228 valence electrons. The minimum absolute atomic E-state index is 0.0397. The Morgan fingerprint density at radius 1 is 1.07 bits per heavy atom. The standard InChI is InChI=1S/C38H42N2O3S/c1-37(2,3)31-19-24(20-32-34(31)43-17-15-38(32,4)5)35-39-33(22-44-35)23-14-16-40(36(41)42)25(18-23)21-30-28-12-8-6-10-26(28)27-11-7-9-13-29(27)30/h6-13,19-20,22-23,25,30H,14-18,21H2,1-5H3,(H,41,42). The average Bonchev–Trinajstić information content (AvgIpc) is 3.60. The smallest absolute Gasteiger partial charge is 0.407 e. The molecule has 4 aromatic rings. The highest BCUT2D eigenvalue weighted by Gasteiger charge is 2.38. The van der Waals surface area contributed by atoms with Gasteiger partial charge in [-0.05, 0) is 70.9 Å². The monoisotopic (exact) mass is 606 g/mol. The van der Waals surface area contributed by atoms with E-state index in [0.717, 1.165) is 54.3 Å². The second-order valence-corrected chi connectivity index (χ2v) is 15.4.